The standard InChI is InChI=1S/C19H33N3O2/c1-14(2)12-20-18(23)16-4-3-9-22(13-16)17-7-10-21(11-8-17)19(24)15-5-6-15/h14-17H,3-13H2,1-2H3,(H,20,23). The van der Waals surface area contributed by atoms with Crippen molar-refractivity contribution in [2.45, 2.75) is 58.4 Å². The van der Waals surface area contributed by atoms with E-state index in [0.29, 0.717) is 23.8 Å². The van der Waals surface area contributed by atoms with Gasteiger partial charge in [-0.1, -0.05) is 13.8 Å². The van der Waals surface area contributed by atoms with Crippen molar-refractivity contribution < 1.29 is 9.59 Å². The van der Waals surface area contributed by atoms with Gasteiger partial charge < -0.3 is 10.2 Å². The third kappa shape index (κ3) is 4.50. The third-order valence-electron chi connectivity index (χ3n) is 5.73. The molecule has 5 heteroatoms. The van der Waals surface area contributed by atoms with Crippen molar-refractivity contribution in [1.29, 1.82) is 0 Å². The van der Waals surface area contributed by atoms with Crippen LogP contribution >= 0.6 is 0 Å². The first-order chi connectivity index (χ1) is 11.5. The molecule has 1 saturated carbocycles. The Balaban J connectivity index is 1.45. The predicted octanol–water partition coefficient (Wildman–Crippen LogP) is 1.87. The average Bonchev–Trinajstić information content (AvgIpc) is 3.44. The van der Waals surface area contributed by atoms with E-state index in [1.165, 1.54) is 0 Å². The fraction of sp³-hybridized carbons (Fsp3) is 0.895. The van der Waals surface area contributed by atoms with Crippen molar-refractivity contribution in [1.82, 2.24) is 15.1 Å². The van der Waals surface area contributed by atoms with E-state index in [1.807, 2.05) is 0 Å². The Kier molecular flexibility index (Phi) is 5.80. The minimum atomic E-state index is 0.142. The van der Waals surface area contributed by atoms with Crippen LogP contribution in [0.1, 0.15) is 52.4 Å². The highest BCUT2D eigenvalue weighted by Crippen LogP contribution is 2.32. The first kappa shape index (κ1) is 17.7. The fourth-order valence-corrected chi connectivity index (χ4v) is 4.04. The van der Waals surface area contributed by atoms with Gasteiger partial charge in [0, 0.05) is 38.1 Å². The zero-order valence-corrected chi connectivity index (χ0v) is 15.3. The van der Waals surface area contributed by atoms with Gasteiger partial charge in [0.05, 0.1) is 5.92 Å². The third-order valence-corrected chi connectivity index (χ3v) is 5.73. The predicted molar refractivity (Wildman–Crippen MR) is 94.5 cm³/mol. The van der Waals surface area contributed by atoms with Gasteiger partial charge >= 0.3 is 0 Å². The van der Waals surface area contributed by atoms with E-state index in [9.17, 15) is 9.59 Å². The first-order valence-corrected chi connectivity index (χ1v) is 9.85. The number of nitrogens with zero attached hydrogens (tertiary/aromatic N) is 2. The highest BCUT2D eigenvalue weighted by Gasteiger charge is 2.37. The molecule has 1 unspecified atom stereocenters. The van der Waals surface area contributed by atoms with Crippen LogP contribution in [0.15, 0.2) is 0 Å². The summed E-state index contributed by atoms with van der Waals surface area (Å²) in [7, 11) is 0. The highest BCUT2D eigenvalue weighted by molar-refractivity contribution is 5.81. The summed E-state index contributed by atoms with van der Waals surface area (Å²) >= 11 is 0. The molecule has 0 aromatic carbocycles. The molecule has 3 fully saturated rings. The lowest BCUT2D eigenvalue weighted by Gasteiger charge is -2.42. The molecule has 136 valence electrons. The fourth-order valence-electron chi connectivity index (χ4n) is 4.04. The van der Waals surface area contributed by atoms with Crippen molar-refractivity contribution in [3.63, 3.8) is 0 Å². The molecule has 0 aromatic heterocycles. The van der Waals surface area contributed by atoms with E-state index >= 15 is 0 Å². The largest absolute Gasteiger partial charge is 0.356 e. The number of hydrogen-bond acceptors (Lipinski definition) is 3. The Hall–Kier alpha value is -1.10. The zero-order chi connectivity index (χ0) is 17.1. The number of carbonyl (C=O) groups is 2. The lowest BCUT2D eigenvalue weighted by molar-refractivity contribution is -0.134. The molecule has 0 bridgehead atoms. The maximum Gasteiger partial charge on any atom is 0.225 e. The average molecular weight is 335 g/mol. The molecule has 2 heterocycles. The molecule has 1 N–H and O–H groups in total. The molecular formula is C19H33N3O2. The second-order valence-corrected chi connectivity index (χ2v) is 8.30. The van der Waals surface area contributed by atoms with Crippen LogP contribution in [-0.2, 0) is 9.59 Å². The Morgan fingerprint density at radius 1 is 1.00 bits per heavy atom. The number of nitrogens with one attached hydrogen (secondary N) is 1. The van der Waals surface area contributed by atoms with Crippen LogP contribution < -0.4 is 5.32 Å². The molecule has 0 aromatic rings. The molecule has 0 spiro atoms. The second kappa shape index (κ2) is 7.85. The summed E-state index contributed by atoms with van der Waals surface area (Å²) in [5.41, 5.74) is 0. The summed E-state index contributed by atoms with van der Waals surface area (Å²) in [4.78, 5) is 29.1. The summed E-state index contributed by atoms with van der Waals surface area (Å²) < 4.78 is 0. The molecule has 5 nitrogen and oxygen atoms in total. The van der Waals surface area contributed by atoms with Gasteiger partial charge in [-0.05, 0) is 51.0 Å². The summed E-state index contributed by atoms with van der Waals surface area (Å²) in [6, 6.07) is 0.550. The zero-order valence-electron chi connectivity index (χ0n) is 15.3. The SMILES string of the molecule is CC(C)CNC(=O)C1CCCN(C2CCN(C(=O)C3CC3)CC2)C1. The van der Waals surface area contributed by atoms with Gasteiger partial charge in [0.15, 0.2) is 0 Å². The molecule has 0 radical (unpaired) electrons. The van der Waals surface area contributed by atoms with Gasteiger partial charge in [0.1, 0.15) is 0 Å². The summed E-state index contributed by atoms with van der Waals surface area (Å²) in [5, 5.41) is 3.10. The molecule has 24 heavy (non-hydrogen) atoms. The van der Waals surface area contributed by atoms with Crippen LogP contribution in [0.2, 0.25) is 0 Å². The number of rotatable bonds is 5. The lowest BCUT2D eigenvalue weighted by Crippen LogP contribution is -2.51. The van der Waals surface area contributed by atoms with Crippen LogP contribution in [0.3, 0.4) is 0 Å². The van der Waals surface area contributed by atoms with Gasteiger partial charge in [-0.25, -0.2) is 0 Å². The maximum absolute atomic E-state index is 12.4. The van der Waals surface area contributed by atoms with E-state index in [1.54, 1.807) is 0 Å². The Morgan fingerprint density at radius 2 is 1.71 bits per heavy atom. The Labute approximate surface area is 146 Å². The van der Waals surface area contributed by atoms with Crippen molar-refractivity contribution >= 4 is 11.8 Å². The van der Waals surface area contributed by atoms with E-state index in [-0.39, 0.29) is 11.8 Å². The highest BCUT2D eigenvalue weighted by atomic mass is 16.2. The van der Waals surface area contributed by atoms with Crippen molar-refractivity contribution in [2.24, 2.45) is 17.8 Å². The van der Waals surface area contributed by atoms with Crippen LogP contribution in [0.25, 0.3) is 0 Å². The second-order valence-electron chi connectivity index (χ2n) is 8.30. The normalized spacial score (nSPS) is 26.6. The molecule has 2 aliphatic heterocycles. The number of hydrogen-bond donors (Lipinski definition) is 1. The summed E-state index contributed by atoms with van der Waals surface area (Å²) in [5.74, 6) is 1.60. The number of likely N-dealkylation sites (tertiary alicyclic amines) is 2. The van der Waals surface area contributed by atoms with Gasteiger partial charge in [-0.3, -0.25) is 14.5 Å². The Bertz CT molecular complexity index is 454. The maximum atomic E-state index is 12.4. The van der Waals surface area contributed by atoms with E-state index < -0.39 is 0 Å². The number of carbonyl (C=O) groups excluding carboxylic acids is 2. The van der Waals surface area contributed by atoms with Gasteiger partial charge in [0.2, 0.25) is 11.8 Å². The molecule has 1 aliphatic carbocycles. The number of piperidine rings is 2. The van der Waals surface area contributed by atoms with Crippen molar-refractivity contribution in [3.05, 3.63) is 0 Å². The quantitative estimate of drug-likeness (QED) is 0.834. The van der Waals surface area contributed by atoms with Gasteiger partial charge in [0.25, 0.3) is 0 Å². The molecule has 3 aliphatic rings. The van der Waals surface area contributed by atoms with E-state index in [2.05, 4.69) is 29.0 Å². The molecule has 2 saturated heterocycles. The van der Waals surface area contributed by atoms with Crippen LogP contribution in [0, 0.1) is 17.8 Å². The van der Waals surface area contributed by atoms with Gasteiger partial charge in [-0.2, -0.15) is 0 Å². The monoisotopic (exact) mass is 335 g/mol. The van der Waals surface area contributed by atoms with Gasteiger partial charge in [-0.15, -0.1) is 0 Å². The van der Waals surface area contributed by atoms with Crippen LogP contribution in [-0.4, -0.2) is 60.4 Å². The first-order valence-electron chi connectivity index (χ1n) is 9.85. The van der Waals surface area contributed by atoms with E-state index in [0.717, 1.165) is 71.2 Å². The van der Waals surface area contributed by atoms with Crippen LogP contribution in [0.5, 0.6) is 0 Å². The number of amides is 2. The molecular weight excluding hydrogens is 302 g/mol. The summed E-state index contributed by atoms with van der Waals surface area (Å²) in [6.07, 6.45) is 6.45. The minimum absolute atomic E-state index is 0.142. The van der Waals surface area contributed by atoms with Crippen molar-refractivity contribution in [3.8, 4) is 0 Å². The van der Waals surface area contributed by atoms with Crippen LogP contribution in [0.4, 0.5) is 0 Å². The summed E-state index contributed by atoms with van der Waals surface area (Å²) in [6.45, 7) is 8.84. The smallest absolute Gasteiger partial charge is 0.225 e. The molecule has 3 rings (SSSR count). The lowest BCUT2D eigenvalue weighted by atomic mass is 9.93. The molecule has 2 amide bonds. The van der Waals surface area contributed by atoms with Crippen molar-refractivity contribution in [2.75, 3.05) is 32.7 Å². The minimum Gasteiger partial charge on any atom is -0.356 e. The van der Waals surface area contributed by atoms with E-state index in [4.69, 9.17) is 0 Å². The topological polar surface area (TPSA) is 52.7 Å². The molecule has 1 atom stereocenters. The Morgan fingerprint density at radius 3 is 2.33 bits per heavy atom.